The van der Waals surface area contributed by atoms with Crippen LogP contribution in [0.4, 0.5) is 0 Å². The fourth-order valence-corrected chi connectivity index (χ4v) is 2.75. The SMILES string of the molecule is Cc1nc(C)c(C(=O)N[C@@H]2CCCCC[C@H]2C(=O)O)o1. The number of oxazole rings is 1. The molecule has 2 N–H and O–H groups in total. The molecule has 0 bridgehead atoms. The Bertz CT molecular complexity index is 509. The smallest absolute Gasteiger partial charge is 0.308 e. The Hall–Kier alpha value is -1.85. The monoisotopic (exact) mass is 280 g/mol. The highest BCUT2D eigenvalue weighted by molar-refractivity contribution is 5.93. The van der Waals surface area contributed by atoms with E-state index in [2.05, 4.69) is 10.3 Å². The number of aromatic nitrogens is 1. The van der Waals surface area contributed by atoms with E-state index in [1.807, 2.05) is 0 Å². The number of carboxylic acids is 1. The first-order valence-corrected chi connectivity index (χ1v) is 6.96. The van der Waals surface area contributed by atoms with Crippen molar-refractivity contribution in [3.8, 4) is 0 Å². The average Bonchev–Trinajstić information content (AvgIpc) is 2.60. The molecule has 1 aromatic rings. The van der Waals surface area contributed by atoms with Gasteiger partial charge in [-0.1, -0.05) is 19.3 Å². The average molecular weight is 280 g/mol. The molecule has 6 nitrogen and oxygen atoms in total. The van der Waals surface area contributed by atoms with E-state index in [1.54, 1.807) is 13.8 Å². The molecule has 1 aliphatic carbocycles. The minimum Gasteiger partial charge on any atom is -0.481 e. The van der Waals surface area contributed by atoms with Crippen LogP contribution in [0.25, 0.3) is 0 Å². The van der Waals surface area contributed by atoms with Gasteiger partial charge in [0, 0.05) is 13.0 Å². The molecule has 0 radical (unpaired) electrons. The third-order valence-electron chi connectivity index (χ3n) is 3.76. The van der Waals surface area contributed by atoms with Crippen LogP contribution in [0.3, 0.4) is 0 Å². The molecular formula is C14H20N2O4. The summed E-state index contributed by atoms with van der Waals surface area (Å²) in [5.74, 6) is -1.13. The van der Waals surface area contributed by atoms with Gasteiger partial charge in [-0.3, -0.25) is 9.59 Å². The van der Waals surface area contributed by atoms with E-state index in [1.165, 1.54) is 0 Å². The molecule has 1 amide bonds. The Morgan fingerprint density at radius 1 is 1.25 bits per heavy atom. The molecule has 0 aromatic carbocycles. The quantitative estimate of drug-likeness (QED) is 0.827. The number of carboxylic acid groups (broad SMARTS) is 1. The highest BCUT2D eigenvalue weighted by atomic mass is 16.4. The summed E-state index contributed by atoms with van der Waals surface area (Å²) in [5.41, 5.74) is 0.528. The second kappa shape index (κ2) is 6.07. The van der Waals surface area contributed by atoms with E-state index in [0.29, 0.717) is 24.4 Å². The molecule has 1 aliphatic rings. The van der Waals surface area contributed by atoms with Crippen molar-refractivity contribution in [3.05, 3.63) is 17.3 Å². The van der Waals surface area contributed by atoms with Crippen molar-refractivity contribution < 1.29 is 19.1 Å². The zero-order valence-electron chi connectivity index (χ0n) is 11.8. The fraction of sp³-hybridized carbons (Fsp3) is 0.643. The molecule has 0 spiro atoms. The third-order valence-corrected chi connectivity index (χ3v) is 3.76. The lowest BCUT2D eigenvalue weighted by Crippen LogP contribution is -2.42. The number of amides is 1. The molecule has 0 unspecified atom stereocenters. The number of rotatable bonds is 3. The number of hydrogen-bond donors (Lipinski definition) is 2. The van der Waals surface area contributed by atoms with Gasteiger partial charge in [0.25, 0.3) is 5.91 Å². The largest absolute Gasteiger partial charge is 0.481 e. The van der Waals surface area contributed by atoms with E-state index >= 15 is 0 Å². The lowest BCUT2D eigenvalue weighted by atomic mass is 9.95. The van der Waals surface area contributed by atoms with Crippen molar-refractivity contribution in [2.24, 2.45) is 5.92 Å². The third kappa shape index (κ3) is 3.18. The number of aryl methyl sites for hydroxylation is 2. The first-order valence-electron chi connectivity index (χ1n) is 6.96. The lowest BCUT2D eigenvalue weighted by molar-refractivity contribution is -0.142. The number of carbonyl (C=O) groups excluding carboxylic acids is 1. The summed E-state index contributed by atoms with van der Waals surface area (Å²) < 4.78 is 5.27. The number of carbonyl (C=O) groups is 2. The maximum absolute atomic E-state index is 12.2. The van der Waals surface area contributed by atoms with Crippen molar-refractivity contribution in [3.63, 3.8) is 0 Å². The number of nitrogens with one attached hydrogen (secondary N) is 1. The van der Waals surface area contributed by atoms with Crippen LogP contribution in [0.5, 0.6) is 0 Å². The second-order valence-corrected chi connectivity index (χ2v) is 5.31. The van der Waals surface area contributed by atoms with Gasteiger partial charge < -0.3 is 14.8 Å². The zero-order valence-corrected chi connectivity index (χ0v) is 11.8. The molecule has 1 saturated carbocycles. The van der Waals surface area contributed by atoms with Gasteiger partial charge in [-0.15, -0.1) is 0 Å². The van der Waals surface area contributed by atoms with Crippen LogP contribution in [0.2, 0.25) is 0 Å². The van der Waals surface area contributed by atoms with Crippen LogP contribution in [-0.4, -0.2) is 28.0 Å². The van der Waals surface area contributed by atoms with E-state index in [4.69, 9.17) is 4.42 Å². The van der Waals surface area contributed by atoms with Gasteiger partial charge in [0.15, 0.2) is 5.89 Å². The summed E-state index contributed by atoms with van der Waals surface area (Å²) in [6.07, 6.45) is 4.13. The second-order valence-electron chi connectivity index (χ2n) is 5.31. The summed E-state index contributed by atoms with van der Waals surface area (Å²) >= 11 is 0. The summed E-state index contributed by atoms with van der Waals surface area (Å²) in [6, 6.07) is -0.340. The van der Waals surface area contributed by atoms with Gasteiger partial charge >= 0.3 is 5.97 Å². The Kier molecular flexibility index (Phi) is 4.42. The fourth-order valence-electron chi connectivity index (χ4n) is 2.75. The van der Waals surface area contributed by atoms with Crippen molar-refractivity contribution in [2.75, 3.05) is 0 Å². The molecule has 1 fully saturated rings. The van der Waals surface area contributed by atoms with Gasteiger partial charge in [0.2, 0.25) is 5.76 Å². The Labute approximate surface area is 117 Å². The minimum atomic E-state index is -0.845. The molecule has 0 saturated heterocycles. The molecule has 1 aromatic heterocycles. The first kappa shape index (κ1) is 14.6. The maximum Gasteiger partial charge on any atom is 0.308 e. The highest BCUT2D eigenvalue weighted by Gasteiger charge is 2.31. The Morgan fingerprint density at radius 2 is 1.95 bits per heavy atom. The molecule has 110 valence electrons. The van der Waals surface area contributed by atoms with Gasteiger partial charge in [-0.25, -0.2) is 4.98 Å². The Morgan fingerprint density at radius 3 is 2.55 bits per heavy atom. The molecule has 0 aliphatic heterocycles. The van der Waals surface area contributed by atoms with Gasteiger partial charge in [-0.05, 0) is 19.8 Å². The lowest BCUT2D eigenvalue weighted by Gasteiger charge is -2.22. The molecule has 6 heteroatoms. The highest BCUT2D eigenvalue weighted by Crippen LogP contribution is 2.24. The van der Waals surface area contributed by atoms with Gasteiger partial charge in [0.05, 0.1) is 11.6 Å². The van der Waals surface area contributed by atoms with Crippen LogP contribution in [0.1, 0.15) is 54.2 Å². The van der Waals surface area contributed by atoms with Crippen LogP contribution in [-0.2, 0) is 4.79 Å². The molecule has 20 heavy (non-hydrogen) atoms. The van der Waals surface area contributed by atoms with Crippen LogP contribution < -0.4 is 5.32 Å². The normalized spacial score (nSPS) is 23.1. The van der Waals surface area contributed by atoms with Crippen LogP contribution in [0.15, 0.2) is 4.42 Å². The molecular weight excluding hydrogens is 260 g/mol. The van der Waals surface area contributed by atoms with E-state index < -0.39 is 11.9 Å². The van der Waals surface area contributed by atoms with E-state index in [0.717, 1.165) is 19.3 Å². The predicted octanol–water partition coefficient (Wildman–Crippen LogP) is 2.05. The van der Waals surface area contributed by atoms with E-state index in [9.17, 15) is 14.7 Å². The summed E-state index contributed by atoms with van der Waals surface area (Å²) in [6.45, 7) is 3.38. The number of aliphatic carboxylic acids is 1. The van der Waals surface area contributed by atoms with E-state index in [-0.39, 0.29) is 17.7 Å². The predicted molar refractivity (Wildman–Crippen MR) is 71.4 cm³/mol. The number of nitrogens with zero attached hydrogens (tertiary/aromatic N) is 1. The van der Waals surface area contributed by atoms with Crippen LogP contribution >= 0.6 is 0 Å². The zero-order chi connectivity index (χ0) is 14.7. The summed E-state index contributed by atoms with van der Waals surface area (Å²) in [4.78, 5) is 27.6. The minimum absolute atomic E-state index is 0.177. The summed E-state index contributed by atoms with van der Waals surface area (Å²) in [7, 11) is 0. The molecule has 1 heterocycles. The van der Waals surface area contributed by atoms with Crippen molar-refractivity contribution in [1.29, 1.82) is 0 Å². The molecule has 2 atom stereocenters. The van der Waals surface area contributed by atoms with Gasteiger partial charge in [0.1, 0.15) is 0 Å². The first-order chi connectivity index (χ1) is 9.49. The van der Waals surface area contributed by atoms with Crippen molar-refractivity contribution in [1.82, 2.24) is 10.3 Å². The van der Waals surface area contributed by atoms with Crippen LogP contribution in [0, 0.1) is 19.8 Å². The maximum atomic E-state index is 12.2. The summed E-state index contributed by atoms with van der Waals surface area (Å²) in [5, 5.41) is 12.1. The molecule has 2 rings (SSSR count). The van der Waals surface area contributed by atoms with Crippen molar-refractivity contribution in [2.45, 2.75) is 52.0 Å². The van der Waals surface area contributed by atoms with Crippen molar-refractivity contribution >= 4 is 11.9 Å². The standard InChI is InChI=1S/C14H20N2O4/c1-8-12(20-9(2)15-8)13(17)16-11-7-5-3-4-6-10(11)14(18)19/h10-11H,3-7H2,1-2H3,(H,16,17)(H,18,19)/t10-,11-/m1/s1. The topological polar surface area (TPSA) is 92.4 Å². The van der Waals surface area contributed by atoms with Gasteiger partial charge in [-0.2, -0.15) is 0 Å². The Balaban J connectivity index is 2.11. The number of hydrogen-bond acceptors (Lipinski definition) is 4.